The van der Waals surface area contributed by atoms with Crippen molar-refractivity contribution in [2.75, 3.05) is 18.1 Å². The Morgan fingerprint density at radius 3 is 2.43 bits per heavy atom. The van der Waals surface area contributed by atoms with Crippen LogP contribution in [0, 0.1) is 17.2 Å². The number of piperidine rings is 1. The number of benzene rings is 2. The number of hydrogen-bond donors (Lipinski definition) is 1. The van der Waals surface area contributed by atoms with E-state index in [0.29, 0.717) is 15.7 Å². The average Bonchev–Trinajstić information content (AvgIpc) is 3.15. The number of carbonyl (C=O) groups is 1. The summed E-state index contributed by atoms with van der Waals surface area (Å²) in [7, 11) is 0. The van der Waals surface area contributed by atoms with Gasteiger partial charge in [0.2, 0.25) is 0 Å². The fourth-order valence-corrected chi connectivity index (χ4v) is 4.24. The molecular formula is C22H21Cl2N5O. The molecule has 0 radical (unpaired) electrons. The molecule has 154 valence electrons. The van der Waals surface area contributed by atoms with E-state index in [0.717, 1.165) is 37.9 Å². The molecule has 2 heterocycles. The van der Waals surface area contributed by atoms with Crippen LogP contribution < -0.4 is 10.4 Å². The molecule has 6 nitrogen and oxygen atoms in total. The van der Waals surface area contributed by atoms with E-state index in [9.17, 15) is 10.1 Å². The quantitative estimate of drug-likeness (QED) is 0.753. The zero-order valence-electron chi connectivity index (χ0n) is 16.3. The van der Waals surface area contributed by atoms with Crippen LogP contribution in [0.1, 0.15) is 30.9 Å². The molecule has 0 aliphatic carbocycles. The van der Waals surface area contributed by atoms with Gasteiger partial charge >= 0.3 is 0 Å². The number of halogens is 2. The third-order valence-electron chi connectivity index (χ3n) is 5.39. The Bertz CT molecular complexity index is 995. The SMILES string of the molecule is N#C[C@@H]1C(C(=O)NN2CCCCC2)=NN(c2ccccc2Cl)[C@@H]1c1ccc(Cl)cc1. The molecule has 1 amide bonds. The molecule has 30 heavy (non-hydrogen) atoms. The molecule has 0 spiro atoms. The van der Waals surface area contributed by atoms with Crippen LogP contribution in [0.15, 0.2) is 53.6 Å². The summed E-state index contributed by atoms with van der Waals surface area (Å²) in [6.45, 7) is 1.59. The van der Waals surface area contributed by atoms with Crippen LogP contribution in [0.4, 0.5) is 5.69 Å². The summed E-state index contributed by atoms with van der Waals surface area (Å²) in [5.74, 6) is -1.11. The molecule has 8 heteroatoms. The number of rotatable bonds is 4. The lowest BCUT2D eigenvalue weighted by Gasteiger charge is -2.27. The highest BCUT2D eigenvalue weighted by Crippen LogP contribution is 2.41. The number of anilines is 1. The van der Waals surface area contributed by atoms with Crippen LogP contribution in [-0.4, -0.2) is 29.7 Å². The van der Waals surface area contributed by atoms with Crippen molar-refractivity contribution in [1.82, 2.24) is 10.4 Å². The van der Waals surface area contributed by atoms with Gasteiger partial charge in [-0.05, 0) is 42.7 Å². The van der Waals surface area contributed by atoms with Gasteiger partial charge in [0.15, 0.2) is 0 Å². The minimum atomic E-state index is -0.757. The van der Waals surface area contributed by atoms with E-state index in [1.807, 2.05) is 35.3 Å². The van der Waals surface area contributed by atoms with E-state index in [2.05, 4.69) is 16.6 Å². The standard InChI is InChI=1S/C22H21Cl2N5O/c23-16-10-8-15(9-11-16)21-17(14-25)20(22(30)27-28-12-4-1-5-13-28)26-29(21)19-7-3-2-6-18(19)24/h2-3,6-11,17,21H,1,4-5,12-13H2,(H,27,30)/t17-,21-/m1/s1. The highest BCUT2D eigenvalue weighted by Gasteiger charge is 2.43. The maximum Gasteiger partial charge on any atom is 0.283 e. The molecule has 0 bridgehead atoms. The van der Waals surface area contributed by atoms with Crippen molar-refractivity contribution < 1.29 is 4.79 Å². The number of nitrogens with zero attached hydrogens (tertiary/aromatic N) is 4. The maximum absolute atomic E-state index is 13.1. The van der Waals surface area contributed by atoms with Crippen LogP contribution in [0.25, 0.3) is 0 Å². The zero-order chi connectivity index (χ0) is 21.1. The Morgan fingerprint density at radius 2 is 1.77 bits per heavy atom. The molecule has 1 fully saturated rings. The molecule has 0 aromatic heterocycles. The average molecular weight is 442 g/mol. The van der Waals surface area contributed by atoms with E-state index < -0.39 is 12.0 Å². The van der Waals surface area contributed by atoms with Crippen molar-refractivity contribution in [2.24, 2.45) is 11.0 Å². The van der Waals surface area contributed by atoms with E-state index in [1.165, 1.54) is 0 Å². The number of amides is 1. The highest BCUT2D eigenvalue weighted by atomic mass is 35.5. The van der Waals surface area contributed by atoms with E-state index in [-0.39, 0.29) is 11.6 Å². The summed E-state index contributed by atoms with van der Waals surface area (Å²) in [5, 5.41) is 19.3. The number of carbonyl (C=O) groups excluding carboxylic acids is 1. The molecule has 0 unspecified atom stereocenters. The van der Waals surface area contributed by atoms with E-state index in [4.69, 9.17) is 23.2 Å². The number of hydrazine groups is 1. The first kappa shape index (κ1) is 20.7. The van der Waals surface area contributed by atoms with Crippen molar-refractivity contribution in [3.05, 3.63) is 64.1 Å². The summed E-state index contributed by atoms with van der Waals surface area (Å²) in [6, 6.07) is 16.3. The Balaban J connectivity index is 1.71. The maximum atomic E-state index is 13.1. The lowest BCUT2D eigenvalue weighted by atomic mass is 9.90. The van der Waals surface area contributed by atoms with Crippen LogP contribution in [0.2, 0.25) is 10.0 Å². The fourth-order valence-electron chi connectivity index (χ4n) is 3.89. The Morgan fingerprint density at radius 1 is 1.07 bits per heavy atom. The van der Waals surface area contributed by atoms with Crippen LogP contribution in [-0.2, 0) is 4.79 Å². The van der Waals surface area contributed by atoms with Gasteiger partial charge in [0, 0.05) is 18.1 Å². The summed E-state index contributed by atoms with van der Waals surface area (Å²) < 4.78 is 0. The van der Waals surface area contributed by atoms with Crippen LogP contribution >= 0.6 is 23.2 Å². The zero-order valence-corrected chi connectivity index (χ0v) is 17.8. The van der Waals surface area contributed by atoms with Gasteiger partial charge in [-0.1, -0.05) is 53.9 Å². The van der Waals surface area contributed by atoms with E-state index in [1.54, 1.807) is 23.2 Å². The molecule has 4 rings (SSSR count). The van der Waals surface area contributed by atoms with Gasteiger partial charge in [-0.3, -0.25) is 15.2 Å². The minimum absolute atomic E-state index is 0.183. The second kappa shape index (κ2) is 9.05. The number of hydrazone groups is 1. The predicted molar refractivity (Wildman–Crippen MR) is 118 cm³/mol. The Hall–Kier alpha value is -2.59. The number of nitriles is 1. The van der Waals surface area contributed by atoms with Crippen molar-refractivity contribution in [3.63, 3.8) is 0 Å². The smallest absolute Gasteiger partial charge is 0.283 e. The summed E-state index contributed by atoms with van der Waals surface area (Å²) in [5.41, 5.74) is 4.58. The monoisotopic (exact) mass is 441 g/mol. The number of para-hydroxylation sites is 1. The van der Waals surface area contributed by atoms with Crippen molar-refractivity contribution >= 4 is 40.5 Å². The first-order valence-corrected chi connectivity index (χ1v) is 10.7. The highest BCUT2D eigenvalue weighted by molar-refractivity contribution is 6.41. The molecule has 2 atom stereocenters. The van der Waals surface area contributed by atoms with Gasteiger partial charge in [-0.2, -0.15) is 10.4 Å². The van der Waals surface area contributed by atoms with Gasteiger partial charge in [0.05, 0.1) is 22.8 Å². The summed E-state index contributed by atoms with van der Waals surface area (Å²) in [4.78, 5) is 13.1. The predicted octanol–water partition coefficient (Wildman–Crippen LogP) is 4.57. The molecule has 1 N–H and O–H groups in total. The third kappa shape index (κ3) is 4.15. The molecule has 2 aromatic rings. The molecule has 2 aliphatic rings. The molecule has 2 aromatic carbocycles. The third-order valence-corrected chi connectivity index (χ3v) is 5.96. The number of nitrogens with one attached hydrogen (secondary N) is 1. The van der Waals surface area contributed by atoms with Crippen LogP contribution in [0.3, 0.4) is 0 Å². The van der Waals surface area contributed by atoms with Crippen molar-refractivity contribution in [2.45, 2.75) is 25.3 Å². The second-order valence-corrected chi connectivity index (χ2v) is 8.22. The molecule has 2 aliphatic heterocycles. The number of hydrogen-bond acceptors (Lipinski definition) is 5. The van der Waals surface area contributed by atoms with E-state index >= 15 is 0 Å². The second-order valence-electron chi connectivity index (χ2n) is 7.37. The molecule has 1 saturated heterocycles. The van der Waals surface area contributed by atoms with Gasteiger partial charge in [-0.15, -0.1) is 0 Å². The first-order chi connectivity index (χ1) is 14.6. The topological polar surface area (TPSA) is 71.7 Å². The van der Waals surface area contributed by atoms with Crippen LogP contribution in [0.5, 0.6) is 0 Å². The Labute approximate surface area is 185 Å². The van der Waals surface area contributed by atoms with Gasteiger partial charge in [-0.25, -0.2) is 5.01 Å². The lowest BCUT2D eigenvalue weighted by Crippen LogP contribution is -2.48. The van der Waals surface area contributed by atoms with Gasteiger partial charge in [0.1, 0.15) is 11.6 Å². The van der Waals surface area contributed by atoms with Gasteiger partial charge in [0.25, 0.3) is 5.91 Å². The largest absolute Gasteiger partial charge is 0.284 e. The minimum Gasteiger partial charge on any atom is -0.284 e. The lowest BCUT2D eigenvalue weighted by molar-refractivity contribution is -0.119. The fraction of sp³-hybridized carbons (Fsp3) is 0.318. The molecular weight excluding hydrogens is 421 g/mol. The van der Waals surface area contributed by atoms with Crippen molar-refractivity contribution in [1.29, 1.82) is 5.26 Å². The Kier molecular flexibility index (Phi) is 6.24. The molecule has 0 saturated carbocycles. The normalized spacial score (nSPS) is 21.8. The first-order valence-electron chi connectivity index (χ1n) is 9.92. The summed E-state index contributed by atoms with van der Waals surface area (Å²) >= 11 is 12.5. The summed E-state index contributed by atoms with van der Waals surface area (Å²) in [6.07, 6.45) is 3.23. The van der Waals surface area contributed by atoms with Gasteiger partial charge < -0.3 is 0 Å². The van der Waals surface area contributed by atoms with Crippen molar-refractivity contribution in [3.8, 4) is 6.07 Å².